The largest absolute Gasteiger partial charge is 0.340 e. The fourth-order valence-electron chi connectivity index (χ4n) is 13.4. The van der Waals surface area contributed by atoms with E-state index < -0.39 is 0 Å². The van der Waals surface area contributed by atoms with Gasteiger partial charge in [-0.05, 0) is 135 Å². The van der Waals surface area contributed by atoms with E-state index in [4.69, 9.17) is 9.97 Å². The third kappa shape index (κ3) is 6.81. The van der Waals surface area contributed by atoms with Crippen LogP contribution in [0.15, 0.2) is 121 Å². The number of carbonyl (C=O) groups excluding carboxylic acids is 2. The zero-order valence-corrected chi connectivity index (χ0v) is 37.6. The normalized spacial score (nSPS) is 26.1. The highest BCUT2D eigenvalue weighted by atomic mass is 16.2. The summed E-state index contributed by atoms with van der Waals surface area (Å²) in [5.41, 5.74) is 10.6. The first kappa shape index (κ1) is 40.2. The molecule has 2 unspecified atom stereocenters. The number of hydrogen-bond acceptors (Lipinski definition) is 6. The lowest BCUT2D eigenvalue weighted by molar-refractivity contribution is -0.139. The van der Waals surface area contributed by atoms with Crippen molar-refractivity contribution in [1.82, 2.24) is 39.5 Å². The van der Waals surface area contributed by atoms with Crippen LogP contribution in [0, 0.1) is 0 Å². The highest BCUT2D eigenvalue weighted by Gasteiger charge is 2.50. The standard InChI is InChI=1S/C56H58N8O2/c65-55(51(37-9-3-1-4-10-37)63-41-21-22-42(63)24-23-41)61-31-7-13-49(61)53-57-45-29-19-39(33-47(45)59-53)35-15-17-36(18-16-35)40-20-30-46-48(34-40)60-54(58-46)50-14-8-32-62(50)56(66)52(38-11-5-2-6-12-38)64-43-25-26-44(64)28-27-43/h1-6,9-12,15-20,29-30,33-34,41-44,49-52H,7-8,13-14,21-28,31-32H2,(H,57,59)(H,58,60)/t41?,42?,43?,44?,49-,50-,51?,52?/m0/s1. The Morgan fingerprint density at radius 3 is 1.20 bits per heavy atom. The number of aromatic amines is 2. The smallest absolute Gasteiger partial charge is 0.245 e. The minimum Gasteiger partial charge on any atom is -0.340 e. The molecule has 5 aromatic carbocycles. The zero-order chi connectivity index (χ0) is 43.9. The summed E-state index contributed by atoms with van der Waals surface area (Å²) >= 11 is 0. The number of hydrogen-bond donors (Lipinski definition) is 2. The molecule has 8 heterocycles. The van der Waals surface area contributed by atoms with Crippen molar-refractivity contribution < 1.29 is 9.59 Å². The molecule has 0 radical (unpaired) electrons. The molecule has 6 aliphatic heterocycles. The molecule has 6 saturated heterocycles. The molecule has 2 amide bonds. The number of aromatic nitrogens is 4. The Labute approximate surface area is 386 Å². The number of nitrogens with one attached hydrogen (secondary N) is 2. The van der Waals surface area contributed by atoms with Gasteiger partial charge in [-0.2, -0.15) is 0 Å². The molecule has 4 atom stereocenters. The van der Waals surface area contributed by atoms with Crippen molar-refractivity contribution in [3.05, 3.63) is 144 Å². The Balaban J connectivity index is 0.724. The lowest BCUT2D eigenvalue weighted by Gasteiger charge is -2.35. The molecule has 0 aliphatic carbocycles. The maximum Gasteiger partial charge on any atom is 0.245 e. The second kappa shape index (κ2) is 16.3. The Hall–Kier alpha value is -6.10. The summed E-state index contributed by atoms with van der Waals surface area (Å²) in [7, 11) is 0. The Morgan fingerprint density at radius 1 is 0.455 bits per heavy atom. The summed E-state index contributed by atoms with van der Waals surface area (Å²) in [5, 5.41) is 0. The predicted octanol–water partition coefficient (Wildman–Crippen LogP) is 10.8. The van der Waals surface area contributed by atoms with Crippen LogP contribution in [-0.4, -0.2) is 88.6 Å². The van der Waals surface area contributed by atoms with E-state index in [1.54, 1.807) is 0 Å². The number of fused-ring (bicyclic) bond motifs is 6. The van der Waals surface area contributed by atoms with E-state index in [1.807, 2.05) is 12.1 Å². The van der Waals surface area contributed by atoms with Crippen molar-refractivity contribution in [2.45, 2.75) is 125 Å². The minimum atomic E-state index is -0.238. The molecule has 0 spiro atoms. The molecule has 6 aliphatic rings. The summed E-state index contributed by atoms with van der Waals surface area (Å²) in [6, 6.07) is 44.0. The number of rotatable bonds is 10. The van der Waals surface area contributed by atoms with E-state index in [9.17, 15) is 9.59 Å². The number of H-pyrrole nitrogens is 2. The van der Waals surface area contributed by atoms with Gasteiger partial charge in [0.2, 0.25) is 11.8 Å². The van der Waals surface area contributed by atoms with E-state index >= 15 is 0 Å². The molecule has 10 nitrogen and oxygen atoms in total. The van der Waals surface area contributed by atoms with Gasteiger partial charge in [-0.25, -0.2) is 9.97 Å². The Kier molecular flexibility index (Phi) is 9.96. The topological polar surface area (TPSA) is 104 Å². The van der Waals surface area contributed by atoms with Crippen LogP contribution in [-0.2, 0) is 9.59 Å². The van der Waals surface area contributed by atoms with Crippen molar-refractivity contribution in [2.75, 3.05) is 13.1 Å². The highest BCUT2D eigenvalue weighted by Crippen LogP contribution is 2.47. The average molecular weight is 875 g/mol. The van der Waals surface area contributed by atoms with Crippen molar-refractivity contribution in [2.24, 2.45) is 0 Å². The van der Waals surface area contributed by atoms with E-state index in [-0.39, 0.29) is 36.0 Å². The van der Waals surface area contributed by atoms with Gasteiger partial charge in [0.15, 0.2) is 0 Å². The molecule has 0 saturated carbocycles. The number of imidazole rings is 2. The molecule has 6 fully saturated rings. The van der Waals surface area contributed by atoms with Gasteiger partial charge >= 0.3 is 0 Å². The molecule has 13 rings (SSSR count). The SMILES string of the molecule is O=C(C(c1ccccc1)N1C2CCC1CC2)N1CCC[C@H]1c1nc2ccc(-c3ccc(-c4ccc5nc([C@@H]6CCCN6C(=O)C(c6ccccc6)N6C7CCC6CC7)[nH]c5c4)cc3)cc2[nH]1. The third-order valence-electron chi connectivity index (χ3n) is 16.6. The summed E-state index contributed by atoms with van der Waals surface area (Å²) < 4.78 is 0. The van der Waals surface area contributed by atoms with E-state index in [0.29, 0.717) is 24.2 Å². The van der Waals surface area contributed by atoms with Gasteiger partial charge in [0.05, 0.1) is 34.2 Å². The van der Waals surface area contributed by atoms with Crippen LogP contribution in [0.25, 0.3) is 44.3 Å². The Morgan fingerprint density at radius 2 is 0.818 bits per heavy atom. The van der Waals surface area contributed by atoms with Gasteiger partial charge in [-0.3, -0.25) is 19.4 Å². The molecular formula is C56H58N8O2. The molecule has 334 valence electrons. The third-order valence-corrected chi connectivity index (χ3v) is 16.6. The number of carbonyl (C=O) groups is 2. The average Bonchev–Trinajstić information content (AvgIpc) is 4.24. The van der Waals surface area contributed by atoms with Crippen LogP contribution in [0.5, 0.6) is 0 Å². The van der Waals surface area contributed by atoms with Gasteiger partial charge < -0.3 is 19.8 Å². The van der Waals surface area contributed by atoms with Crippen LogP contribution in [0.3, 0.4) is 0 Å². The monoisotopic (exact) mass is 874 g/mol. The van der Waals surface area contributed by atoms with Crippen molar-refractivity contribution in [1.29, 1.82) is 0 Å². The summed E-state index contributed by atoms with van der Waals surface area (Å²) in [6.45, 7) is 1.52. The highest BCUT2D eigenvalue weighted by molar-refractivity contribution is 5.87. The molecule has 2 N–H and O–H groups in total. The number of nitrogens with zero attached hydrogens (tertiary/aromatic N) is 6. The van der Waals surface area contributed by atoms with Crippen LogP contribution >= 0.6 is 0 Å². The molecular weight excluding hydrogens is 817 g/mol. The minimum absolute atomic E-state index is 0.0659. The van der Waals surface area contributed by atoms with Crippen molar-refractivity contribution >= 4 is 33.9 Å². The quantitative estimate of drug-likeness (QED) is 0.142. The maximum atomic E-state index is 14.7. The van der Waals surface area contributed by atoms with Gasteiger partial charge in [0.25, 0.3) is 0 Å². The Bertz CT molecular complexity index is 2690. The van der Waals surface area contributed by atoms with E-state index in [1.165, 1.54) is 51.4 Å². The van der Waals surface area contributed by atoms with Gasteiger partial charge in [-0.1, -0.05) is 97.1 Å². The second-order valence-electron chi connectivity index (χ2n) is 20.1. The fourth-order valence-corrected chi connectivity index (χ4v) is 13.4. The first-order valence-corrected chi connectivity index (χ1v) is 24.9. The molecule has 4 bridgehead atoms. The summed E-state index contributed by atoms with van der Waals surface area (Å²) in [4.78, 5) is 56.4. The molecule has 2 aromatic heterocycles. The van der Waals surface area contributed by atoms with Crippen LogP contribution in [0.1, 0.15) is 124 Å². The van der Waals surface area contributed by atoms with Gasteiger partial charge in [-0.15, -0.1) is 0 Å². The van der Waals surface area contributed by atoms with Crippen molar-refractivity contribution in [3.63, 3.8) is 0 Å². The zero-order valence-electron chi connectivity index (χ0n) is 37.6. The second-order valence-corrected chi connectivity index (χ2v) is 20.1. The molecule has 66 heavy (non-hydrogen) atoms. The first-order valence-electron chi connectivity index (χ1n) is 24.9. The maximum absolute atomic E-state index is 14.7. The van der Waals surface area contributed by atoms with E-state index in [0.717, 1.165) is 106 Å². The number of likely N-dealkylation sites (tertiary alicyclic amines) is 2. The number of benzene rings is 5. The van der Waals surface area contributed by atoms with Gasteiger partial charge in [0, 0.05) is 37.3 Å². The molecule has 7 aromatic rings. The van der Waals surface area contributed by atoms with Crippen LogP contribution in [0.4, 0.5) is 0 Å². The first-order chi connectivity index (χ1) is 32.5. The lowest BCUT2D eigenvalue weighted by Crippen LogP contribution is -2.45. The van der Waals surface area contributed by atoms with E-state index in [2.05, 4.69) is 139 Å². The fraction of sp³-hybridized carbons (Fsp3) is 0.393. The summed E-state index contributed by atoms with van der Waals surface area (Å²) in [6.07, 6.45) is 13.3. The van der Waals surface area contributed by atoms with Crippen LogP contribution < -0.4 is 0 Å². The lowest BCUT2D eigenvalue weighted by atomic mass is 10.00. The predicted molar refractivity (Wildman–Crippen MR) is 258 cm³/mol. The summed E-state index contributed by atoms with van der Waals surface area (Å²) in [5.74, 6) is 2.21. The number of amides is 2. The van der Waals surface area contributed by atoms with Crippen molar-refractivity contribution in [3.8, 4) is 22.3 Å². The van der Waals surface area contributed by atoms with Gasteiger partial charge in [0.1, 0.15) is 23.7 Å². The van der Waals surface area contributed by atoms with Crippen LogP contribution in [0.2, 0.25) is 0 Å². The molecule has 10 heteroatoms.